The maximum absolute atomic E-state index is 11.8. The average molecular weight is 279 g/mol. The normalized spacial score (nSPS) is 39.9. The lowest BCUT2D eigenvalue weighted by molar-refractivity contribution is -0.170. The second kappa shape index (κ2) is 3.80. The molecule has 5 atom stereocenters. The lowest BCUT2D eigenvalue weighted by Crippen LogP contribution is -2.51. The Balaban J connectivity index is 2.09. The van der Waals surface area contributed by atoms with E-state index in [-0.39, 0.29) is 0 Å². The number of H-pyrrole nitrogens is 1. The van der Waals surface area contributed by atoms with Crippen molar-refractivity contribution < 1.29 is 14.6 Å². The van der Waals surface area contributed by atoms with Crippen LogP contribution >= 0.6 is 0 Å². The van der Waals surface area contributed by atoms with E-state index in [4.69, 9.17) is 21.6 Å². The Morgan fingerprint density at radius 3 is 2.85 bits per heavy atom. The molecule has 20 heavy (non-hydrogen) atoms. The number of nitrogens with zero attached hydrogens (tertiary/aromatic N) is 1. The summed E-state index contributed by atoms with van der Waals surface area (Å²) in [6.45, 7) is 1.48. The van der Waals surface area contributed by atoms with E-state index >= 15 is 0 Å². The predicted octanol–water partition coefficient (Wildman–Crippen LogP) is -2.13. The summed E-state index contributed by atoms with van der Waals surface area (Å²) in [7, 11) is 0. The number of hydrogen-bond donors (Lipinski definition) is 3. The lowest BCUT2D eigenvalue weighted by atomic mass is 9.93. The monoisotopic (exact) mass is 279 g/mol. The van der Waals surface area contributed by atoms with E-state index in [1.165, 1.54) is 13.1 Å². The largest absolute Gasteiger partial charge is 0.388 e. The summed E-state index contributed by atoms with van der Waals surface area (Å²) >= 11 is 0. The quantitative estimate of drug-likeness (QED) is 0.420. The van der Waals surface area contributed by atoms with Crippen molar-refractivity contribution >= 4 is 0 Å². The molecule has 4 N–H and O–H groups in total. The van der Waals surface area contributed by atoms with Crippen molar-refractivity contribution in [2.24, 2.45) is 5.73 Å². The molecule has 0 spiro atoms. The minimum absolute atomic E-state index is 0.542. The van der Waals surface area contributed by atoms with Crippen LogP contribution in [0.3, 0.4) is 0 Å². The van der Waals surface area contributed by atoms with Gasteiger partial charge in [0.2, 0.25) is 5.79 Å². The Morgan fingerprint density at radius 1 is 1.60 bits per heavy atom. The Bertz CT molecular complexity index is 717. The van der Waals surface area contributed by atoms with Crippen LogP contribution in [-0.4, -0.2) is 38.2 Å². The summed E-state index contributed by atoms with van der Waals surface area (Å²) in [6.07, 6.45) is 3.97. The minimum Gasteiger partial charge on any atom is -0.388 e. The zero-order chi connectivity index (χ0) is 14.7. The number of ether oxygens (including phenoxy) is 2. The Morgan fingerprint density at radius 2 is 2.30 bits per heavy atom. The number of nitrogens with two attached hydrogens (primary N) is 1. The van der Waals surface area contributed by atoms with Crippen LogP contribution in [0.15, 0.2) is 21.9 Å². The lowest BCUT2D eigenvalue weighted by Gasteiger charge is -2.28. The maximum Gasteiger partial charge on any atom is 0.330 e. The summed E-state index contributed by atoms with van der Waals surface area (Å²) < 4.78 is 12.0. The summed E-state index contributed by atoms with van der Waals surface area (Å²) in [4.78, 5) is 25.0. The van der Waals surface area contributed by atoms with Gasteiger partial charge in [-0.1, -0.05) is 5.92 Å². The first-order chi connectivity index (χ1) is 9.35. The van der Waals surface area contributed by atoms with Gasteiger partial charge in [0.1, 0.15) is 6.10 Å². The SMILES string of the molecule is C#CC1(N)[C@H]2OC2([C@H](C)O)O[C@H]1n1ccc(=O)[nH]c1=O. The number of rotatable bonds is 2. The first-order valence-electron chi connectivity index (χ1n) is 5.97. The van der Waals surface area contributed by atoms with Crippen molar-refractivity contribution in [3.63, 3.8) is 0 Å². The number of nitrogens with one attached hydrogen (secondary N) is 1. The Labute approximate surface area is 113 Å². The number of terminal acetylenes is 1. The number of epoxide rings is 1. The standard InChI is InChI=1S/C12H13N3O5/c1-3-11(13)8-12(19-8,6(2)16)20-9(11)15-5-4-7(17)14-10(15)18/h1,4-6,8-9,16H,13H2,2H3,(H,14,17,18)/t6-,8+,9+,11?,12?/m0/s1. The van der Waals surface area contributed by atoms with E-state index in [0.717, 1.165) is 10.6 Å². The maximum atomic E-state index is 11.8. The molecule has 8 heteroatoms. The fourth-order valence-electron chi connectivity index (χ4n) is 2.53. The van der Waals surface area contributed by atoms with Gasteiger partial charge in [-0.25, -0.2) is 4.79 Å². The highest BCUT2D eigenvalue weighted by Crippen LogP contribution is 2.57. The third-order valence-electron chi connectivity index (χ3n) is 3.68. The molecule has 0 amide bonds. The fourth-order valence-corrected chi connectivity index (χ4v) is 2.53. The summed E-state index contributed by atoms with van der Waals surface area (Å²) in [5, 5.41) is 9.74. The van der Waals surface area contributed by atoms with Crippen LogP contribution < -0.4 is 17.0 Å². The molecule has 0 radical (unpaired) electrons. The molecular weight excluding hydrogens is 266 g/mol. The van der Waals surface area contributed by atoms with Gasteiger partial charge >= 0.3 is 5.69 Å². The zero-order valence-electron chi connectivity index (χ0n) is 10.6. The average Bonchev–Trinajstić information content (AvgIpc) is 3.07. The molecule has 2 aliphatic rings. The first-order valence-corrected chi connectivity index (χ1v) is 5.97. The highest BCUT2D eigenvalue weighted by molar-refractivity contribution is 5.31. The van der Waals surface area contributed by atoms with Crippen molar-refractivity contribution in [2.75, 3.05) is 0 Å². The molecule has 0 saturated carbocycles. The molecule has 3 heterocycles. The molecule has 1 aromatic heterocycles. The van der Waals surface area contributed by atoms with Crippen molar-refractivity contribution in [2.45, 2.75) is 36.7 Å². The topological polar surface area (TPSA) is 123 Å². The van der Waals surface area contributed by atoms with Gasteiger partial charge in [-0.05, 0) is 6.92 Å². The summed E-state index contributed by atoms with van der Waals surface area (Å²) in [5.74, 6) is 1.06. The van der Waals surface area contributed by atoms with Crippen LogP contribution in [0.4, 0.5) is 0 Å². The first kappa shape index (κ1) is 13.1. The Kier molecular flexibility index (Phi) is 2.49. The van der Waals surface area contributed by atoms with E-state index in [9.17, 15) is 14.7 Å². The van der Waals surface area contributed by atoms with E-state index in [0.29, 0.717) is 0 Å². The molecule has 1 aromatic rings. The van der Waals surface area contributed by atoms with Gasteiger partial charge in [-0.3, -0.25) is 14.3 Å². The molecule has 0 aliphatic carbocycles. The highest BCUT2D eigenvalue weighted by atomic mass is 16.8. The molecule has 2 aliphatic heterocycles. The molecule has 8 nitrogen and oxygen atoms in total. The zero-order valence-corrected chi connectivity index (χ0v) is 10.6. The molecular formula is C12H13N3O5. The number of aromatic nitrogens is 2. The molecule has 0 aromatic carbocycles. The van der Waals surface area contributed by atoms with Crippen LogP contribution in [-0.2, 0) is 9.47 Å². The van der Waals surface area contributed by atoms with E-state index in [1.54, 1.807) is 0 Å². The predicted molar refractivity (Wildman–Crippen MR) is 66.5 cm³/mol. The fraction of sp³-hybridized carbons (Fsp3) is 0.500. The summed E-state index contributed by atoms with van der Waals surface area (Å²) in [6, 6.07) is 1.15. The third kappa shape index (κ3) is 1.46. The van der Waals surface area contributed by atoms with Crippen LogP contribution in [0.5, 0.6) is 0 Å². The van der Waals surface area contributed by atoms with Gasteiger partial charge < -0.3 is 20.3 Å². The molecule has 3 rings (SSSR count). The smallest absolute Gasteiger partial charge is 0.330 e. The molecule has 2 saturated heterocycles. The van der Waals surface area contributed by atoms with Crippen LogP contribution in [0.2, 0.25) is 0 Å². The van der Waals surface area contributed by atoms with Crippen LogP contribution in [0.1, 0.15) is 13.2 Å². The van der Waals surface area contributed by atoms with Gasteiger partial charge in [0.05, 0.1) is 0 Å². The van der Waals surface area contributed by atoms with Gasteiger partial charge in [0.15, 0.2) is 17.9 Å². The van der Waals surface area contributed by atoms with Gasteiger partial charge in [-0.15, -0.1) is 6.42 Å². The second-order valence-electron chi connectivity index (χ2n) is 4.96. The number of hydrogen-bond acceptors (Lipinski definition) is 6. The van der Waals surface area contributed by atoms with Gasteiger partial charge in [0.25, 0.3) is 5.56 Å². The summed E-state index contributed by atoms with van der Waals surface area (Å²) in [5.41, 5.74) is 3.44. The minimum atomic E-state index is -1.42. The Hall–Kier alpha value is -1.92. The highest BCUT2D eigenvalue weighted by Gasteiger charge is 2.78. The van der Waals surface area contributed by atoms with Crippen LogP contribution in [0, 0.1) is 12.3 Å². The van der Waals surface area contributed by atoms with Gasteiger partial charge in [0, 0.05) is 12.3 Å². The van der Waals surface area contributed by atoms with Crippen molar-refractivity contribution in [3.8, 4) is 12.3 Å². The van der Waals surface area contributed by atoms with E-state index < -0.39 is 41.0 Å². The number of aromatic amines is 1. The molecule has 106 valence electrons. The molecule has 2 unspecified atom stereocenters. The van der Waals surface area contributed by atoms with Crippen molar-refractivity contribution in [1.82, 2.24) is 9.55 Å². The van der Waals surface area contributed by atoms with E-state index in [1.807, 2.05) is 0 Å². The molecule has 0 bridgehead atoms. The van der Waals surface area contributed by atoms with Crippen molar-refractivity contribution in [1.29, 1.82) is 0 Å². The van der Waals surface area contributed by atoms with Crippen molar-refractivity contribution in [3.05, 3.63) is 33.1 Å². The van der Waals surface area contributed by atoms with E-state index in [2.05, 4.69) is 10.9 Å². The molecule has 2 fully saturated rings. The number of fused-ring (bicyclic) bond motifs is 1. The van der Waals surface area contributed by atoms with Crippen LogP contribution in [0.25, 0.3) is 0 Å². The number of aliphatic hydroxyl groups excluding tert-OH is 1. The third-order valence-corrected chi connectivity index (χ3v) is 3.68. The number of aliphatic hydroxyl groups is 1. The second-order valence-corrected chi connectivity index (χ2v) is 4.96. The van der Waals surface area contributed by atoms with Gasteiger partial charge in [-0.2, -0.15) is 0 Å².